The number of nitrogens with zero attached hydrogens (tertiary/aromatic N) is 3. The highest BCUT2D eigenvalue weighted by Gasteiger charge is 2.30. The van der Waals surface area contributed by atoms with E-state index in [1.165, 1.54) is 0 Å². The van der Waals surface area contributed by atoms with Crippen molar-refractivity contribution in [2.24, 2.45) is 0 Å². The summed E-state index contributed by atoms with van der Waals surface area (Å²) in [4.78, 5) is 13.6. The fourth-order valence-electron chi connectivity index (χ4n) is 3.32. The van der Waals surface area contributed by atoms with E-state index in [1.807, 2.05) is 53.2 Å². The van der Waals surface area contributed by atoms with Crippen LogP contribution >= 0.6 is 11.6 Å². The highest BCUT2D eigenvalue weighted by Crippen LogP contribution is 2.37. The molecule has 4 rings (SSSR count). The van der Waals surface area contributed by atoms with E-state index in [-0.39, 0.29) is 5.91 Å². The molecular formula is C20H18ClN3O2. The molecule has 0 radical (unpaired) electrons. The summed E-state index contributed by atoms with van der Waals surface area (Å²) >= 11 is 6.06. The van der Waals surface area contributed by atoms with Gasteiger partial charge in [-0.1, -0.05) is 35.9 Å². The number of ether oxygens (including phenoxy) is 1. The Balaban J connectivity index is 1.92. The summed E-state index contributed by atoms with van der Waals surface area (Å²) in [6.45, 7) is 2.66. The monoisotopic (exact) mass is 367 g/mol. The number of carbonyl (C=O) groups excluding carboxylic acids is 1. The van der Waals surface area contributed by atoms with Gasteiger partial charge in [0.25, 0.3) is 0 Å². The number of methoxy groups -OCH3 is 1. The van der Waals surface area contributed by atoms with Gasteiger partial charge in [-0.15, -0.1) is 0 Å². The molecule has 0 atom stereocenters. The van der Waals surface area contributed by atoms with E-state index in [9.17, 15) is 4.79 Å². The lowest BCUT2D eigenvalue weighted by molar-refractivity contribution is -0.129. The quantitative estimate of drug-likeness (QED) is 0.701. The van der Waals surface area contributed by atoms with Gasteiger partial charge in [0.1, 0.15) is 11.4 Å². The van der Waals surface area contributed by atoms with Crippen LogP contribution in [0.4, 0.5) is 0 Å². The molecule has 0 unspecified atom stereocenters. The number of benzene rings is 2. The zero-order valence-electron chi connectivity index (χ0n) is 14.6. The number of carbonyl (C=O) groups is 1. The summed E-state index contributed by atoms with van der Waals surface area (Å²) in [5.41, 5.74) is 4.80. The summed E-state index contributed by atoms with van der Waals surface area (Å²) in [7, 11) is 1.65. The third-order valence-corrected chi connectivity index (χ3v) is 4.88. The SMILES string of the molecule is COc1ccccc1-n1nc2c(c1-c1ccc(Cl)cc1)CN(C(C)=O)C2. The van der Waals surface area contributed by atoms with Gasteiger partial charge < -0.3 is 9.64 Å². The Bertz CT molecular complexity index is 979. The topological polar surface area (TPSA) is 47.4 Å². The molecule has 2 aromatic carbocycles. The zero-order chi connectivity index (χ0) is 18.3. The first kappa shape index (κ1) is 16.7. The molecular weight excluding hydrogens is 350 g/mol. The lowest BCUT2D eigenvalue weighted by Crippen LogP contribution is -2.23. The van der Waals surface area contributed by atoms with Crippen molar-refractivity contribution < 1.29 is 9.53 Å². The van der Waals surface area contributed by atoms with E-state index < -0.39 is 0 Å². The van der Waals surface area contributed by atoms with Crippen LogP contribution in [0.1, 0.15) is 18.2 Å². The molecule has 0 fully saturated rings. The first-order chi connectivity index (χ1) is 12.6. The Hall–Kier alpha value is -2.79. The van der Waals surface area contributed by atoms with Crippen molar-refractivity contribution in [2.45, 2.75) is 20.0 Å². The molecule has 1 aliphatic heterocycles. The van der Waals surface area contributed by atoms with Crippen molar-refractivity contribution in [1.29, 1.82) is 0 Å². The number of halogens is 1. The molecule has 132 valence electrons. The maximum absolute atomic E-state index is 11.8. The lowest BCUT2D eigenvalue weighted by Gasteiger charge is -2.16. The second-order valence-corrected chi connectivity index (χ2v) is 6.68. The van der Waals surface area contributed by atoms with Gasteiger partial charge in [-0.2, -0.15) is 5.10 Å². The van der Waals surface area contributed by atoms with Gasteiger partial charge in [-0.25, -0.2) is 4.68 Å². The average molecular weight is 368 g/mol. The molecule has 0 spiro atoms. The van der Waals surface area contributed by atoms with Crippen molar-refractivity contribution in [3.63, 3.8) is 0 Å². The molecule has 0 N–H and O–H groups in total. The van der Waals surface area contributed by atoms with Crippen LogP contribution in [-0.2, 0) is 17.9 Å². The number of para-hydroxylation sites is 2. The van der Waals surface area contributed by atoms with Gasteiger partial charge in [-0.05, 0) is 24.3 Å². The standard InChI is InChI=1S/C20H18ClN3O2/c1-13(25)23-11-16-17(12-23)22-24(18-5-3-4-6-19(18)26-2)20(16)14-7-9-15(21)10-8-14/h3-10H,11-12H2,1-2H3. The minimum absolute atomic E-state index is 0.0499. The normalized spacial score (nSPS) is 13.0. The third kappa shape index (κ3) is 2.74. The molecule has 0 saturated carbocycles. The number of fused-ring (bicyclic) bond motifs is 1. The van der Waals surface area contributed by atoms with E-state index >= 15 is 0 Å². The van der Waals surface area contributed by atoms with Crippen LogP contribution in [0, 0.1) is 0 Å². The van der Waals surface area contributed by atoms with Gasteiger partial charge in [0.15, 0.2) is 0 Å². The van der Waals surface area contributed by atoms with Crippen LogP contribution in [-0.4, -0.2) is 27.7 Å². The van der Waals surface area contributed by atoms with Crippen molar-refractivity contribution in [1.82, 2.24) is 14.7 Å². The molecule has 5 nitrogen and oxygen atoms in total. The van der Waals surface area contributed by atoms with E-state index in [1.54, 1.807) is 18.9 Å². The van der Waals surface area contributed by atoms with Crippen molar-refractivity contribution >= 4 is 17.5 Å². The molecule has 3 aromatic rings. The van der Waals surface area contributed by atoms with Gasteiger partial charge >= 0.3 is 0 Å². The molecule has 0 aliphatic carbocycles. The fraction of sp³-hybridized carbons (Fsp3) is 0.200. The summed E-state index contributed by atoms with van der Waals surface area (Å²) in [5, 5.41) is 5.49. The maximum Gasteiger partial charge on any atom is 0.220 e. The third-order valence-electron chi connectivity index (χ3n) is 4.63. The zero-order valence-corrected chi connectivity index (χ0v) is 15.3. The predicted octanol–water partition coefficient (Wildman–Crippen LogP) is 4.06. The first-order valence-electron chi connectivity index (χ1n) is 8.34. The van der Waals surface area contributed by atoms with Gasteiger partial charge in [0.05, 0.1) is 31.6 Å². The second-order valence-electron chi connectivity index (χ2n) is 6.24. The minimum Gasteiger partial charge on any atom is -0.494 e. The van der Waals surface area contributed by atoms with Crippen LogP contribution in [0.5, 0.6) is 5.75 Å². The van der Waals surface area contributed by atoms with E-state index in [0.29, 0.717) is 18.1 Å². The van der Waals surface area contributed by atoms with Crippen LogP contribution in [0.15, 0.2) is 48.5 Å². The number of hydrogen-bond acceptors (Lipinski definition) is 3. The smallest absolute Gasteiger partial charge is 0.220 e. The summed E-state index contributed by atoms with van der Waals surface area (Å²) < 4.78 is 7.43. The lowest BCUT2D eigenvalue weighted by atomic mass is 10.1. The Morgan fingerprint density at radius 2 is 1.85 bits per heavy atom. The van der Waals surface area contributed by atoms with Crippen molar-refractivity contribution in [2.75, 3.05) is 7.11 Å². The molecule has 0 saturated heterocycles. The molecule has 1 aliphatic rings. The minimum atomic E-state index is 0.0499. The number of hydrogen-bond donors (Lipinski definition) is 0. The number of aromatic nitrogens is 2. The number of rotatable bonds is 3. The van der Waals surface area contributed by atoms with Gasteiger partial charge in [0, 0.05) is 23.1 Å². The van der Waals surface area contributed by atoms with Crippen LogP contribution in [0.25, 0.3) is 16.9 Å². The summed E-state index contributed by atoms with van der Waals surface area (Å²) in [5.74, 6) is 0.793. The predicted molar refractivity (Wildman–Crippen MR) is 100 cm³/mol. The second kappa shape index (κ2) is 6.50. The van der Waals surface area contributed by atoms with Crippen molar-refractivity contribution in [3.8, 4) is 22.7 Å². The Labute approximate surface area is 156 Å². The molecule has 6 heteroatoms. The maximum atomic E-state index is 11.8. The van der Waals surface area contributed by atoms with Crippen LogP contribution < -0.4 is 4.74 Å². The highest BCUT2D eigenvalue weighted by molar-refractivity contribution is 6.30. The van der Waals surface area contributed by atoms with Gasteiger partial charge in [-0.3, -0.25) is 4.79 Å². The van der Waals surface area contributed by atoms with E-state index in [2.05, 4.69) is 0 Å². The Morgan fingerprint density at radius 3 is 2.54 bits per heavy atom. The highest BCUT2D eigenvalue weighted by atomic mass is 35.5. The van der Waals surface area contributed by atoms with E-state index in [4.69, 9.17) is 21.4 Å². The van der Waals surface area contributed by atoms with Crippen LogP contribution in [0.3, 0.4) is 0 Å². The summed E-state index contributed by atoms with van der Waals surface area (Å²) in [6.07, 6.45) is 0. The average Bonchev–Trinajstić information content (AvgIpc) is 3.20. The molecule has 1 amide bonds. The molecule has 1 aromatic heterocycles. The Kier molecular flexibility index (Phi) is 4.17. The van der Waals surface area contributed by atoms with Crippen molar-refractivity contribution in [3.05, 3.63) is 64.8 Å². The summed E-state index contributed by atoms with van der Waals surface area (Å²) in [6, 6.07) is 15.4. The Morgan fingerprint density at radius 1 is 1.12 bits per heavy atom. The fourth-order valence-corrected chi connectivity index (χ4v) is 3.45. The van der Waals surface area contributed by atoms with Gasteiger partial charge in [0.2, 0.25) is 5.91 Å². The number of amides is 1. The van der Waals surface area contributed by atoms with E-state index in [0.717, 1.165) is 34.0 Å². The first-order valence-corrected chi connectivity index (χ1v) is 8.72. The molecule has 2 heterocycles. The van der Waals surface area contributed by atoms with Crippen LogP contribution in [0.2, 0.25) is 5.02 Å². The largest absolute Gasteiger partial charge is 0.494 e. The molecule has 0 bridgehead atoms. The molecule has 26 heavy (non-hydrogen) atoms.